The highest BCUT2D eigenvalue weighted by Gasteiger charge is 2.51. The largest absolute Gasteiger partial charge is 0.374 e. The molecule has 4 bridgehead atoms. The third-order valence-corrected chi connectivity index (χ3v) is 8.25. The lowest BCUT2D eigenvalue weighted by atomic mass is 9.48. The van der Waals surface area contributed by atoms with Gasteiger partial charge in [-0.05, 0) is 115 Å². The summed E-state index contributed by atoms with van der Waals surface area (Å²) in [5, 5.41) is 3.61. The Morgan fingerprint density at radius 2 is 1.06 bits per heavy atom. The smallest absolute Gasteiger partial charge is 0.123 e. The second kappa shape index (κ2) is 7.72. The van der Waals surface area contributed by atoms with Crippen LogP contribution in [0.4, 0.5) is 14.5 Å². The third kappa shape index (κ3) is 3.62. The Hall–Kier alpha value is -2.68. The summed E-state index contributed by atoms with van der Waals surface area (Å²) in [6.07, 6.45) is 8.44. The minimum absolute atomic E-state index is 0.179. The van der Waals surface area contributed by atoms with Gasteiger partial charge in [-0.25, -0.2) is 8.78 Å². The molecular weight excluding hydrogens is 400 g/mol. The van der Waals surface area contributed by atoms with Crippen molar-refractivity contribution in [1.82, 2.24) is 0 Å². The van der Waals surface area contributed by atoms with Crippen molar-refractivity contribution >= 4 is 5.69 Å². The molecule has 4 fully saturated rings. The first-order valence-electron chi connectivity index (χ1n) is 11.9. The number of rotatable bonds is 5. The second-order valence-electron chi connectivity index (χ2n) is 10.5. The Balaban J connectivity index is 1.28. The van der Waals surface area contributed by atoms with Gasteiger partial charge < -0.3 is 5.32 Å². The van der Waals surface area contributed by atoms with Crippen LogP contribution >= 0.6 is 0 Å². The van der Waals surface area contributed by atoms with Crippen molar-refractivity contribution < 1.29 is 8.78 Å². The second-order valence-corrected chi connectivity index (χ2v) is 10.5. The van der Waals surface area contributed by atoms with Crippen LogP contribution in [-0.4, -0.2) is 0 Å². The van der Waals surface area contributed by atoms with Gasteiger partial charge in [-0.15, -0.1) is 0 Å². The van der Waals surface area contributed by atoms with Crippen LogP contribution in [0.3, 0.4) is 0 Å². The molecule has 4 aliphatic carbocycles. The van der Waals surface area contributed by atoms with Crippen molar-refractivity contribution in [3.8, 4) is 0 Å². The highest BCUT2D eigenvalue weighted by Crippen LogP contribution is 2.60. The number of nitrogens with one attached hydrogen (secondary N) is 1. The average molecular weight is 430 g/mol. The van der Waals surface area contributed by atoms with Gasteiger partial charge in [-0.3, -0.25) is 0 Å². The normalized spacial score (nSPS) is 28.3. The summed E-state index contributed by atoms with van der Waals surface area (Å²) in [6.45, 7) is 0. The zero-order valence-electron chi connectivity index (χ0n) is 18.2. The van der Waals surface area contributed by atoms with Gasteiger partial charge in [0.1, 0.15) is 11.6 Å². The number of halogens is 2. The van der Waals surface area contributed by atoms with E-state index in [2.05, 4.69) is 29.6 Å². The first kappa shape index (κ1) is 20.0. The lowest BCUT2D eigenvalue weighted by molar-refractivity contribution is -0.00518. The summed E-state index contributed by atoms with van der Waals surface area (Å²) < 4.78 is 27.0. The van der Waals surface area contributed by atoms with E-state index in [9.17, 15) is 8.78 Å². The van der Waals surface area contributed by atoms with E-state index in [1.165, 1.54) is 68.4 Å². The maximum Gasteiger partial charge on any atom is 0.123 e. The van der Waals surface area contributed by atoms with Crippen molar-refractivity contribution in [2.45, 2.75) is 50.0 Å². The molecule has 0 spiro atoms. The molecule has 0 aromatic heterocycles. The van der Waals surface area contributed by atoms with Crippen LogP contribution in [0.25, 0.3) is 0 Å². The molecule has 0 atom stereocenters. The van der Waals surface area contributed by atoms with Gasteiger partial charge in [-0.1, -0.05) is 36.4 Å². The van der Waals surface area contributed by atoms with Gasteiger partial charge in [0.15, 0.2) is 0 Å². The van der Waals surface area contributed by atoms with Gasteiger partial charge in [0.2, 0.25) is 0 Å². The third-order valence-electron chi connectivity index (χ3n) is 8.25. The molecule has 32 heavy (non-hydrogen) atoms. The number of hydrogen-bond acceptors (Lipinski definition) is 1. The molecule has 4 aliphatic rings. The van der Waals surface area contributed by atoms with E-state index in [1.54, 1.807) is 24.3 Å². The summed E-state index contributed by atoms with van der Waals surface area (Å²) in [5.74, 6) is 2.28. The molecule has 3 aromatic rings. The minimum atomic E-state index is -0.258. The first-order chi connectivity index (χ1) is 15.6. The van der Waals surface area contributed by atoms with E-state index >= 15 is 0 Å². The van der Waals surface area contributed by atoms with Gasteiger partial charge in [0, 0.05) is 5.69 Å². The molecule has 0 unspecified atom stereocenters. The summed E-state index contributed by atoms with van der Waals surface area (Å²) >= 11 is 0. The Kier molecular flexibility index (Phi) is 4.82. The zero-order valence-corrected chi connectivity index (χ0v) is 18.2. The van der Waals surface area contributed by atoms with E-state index in [0.717, 1.165) is 34.6 Å². The van der Waals surface area contributed by atoms with E-state index in [4.69, 9.17) is 0 Å². The van der Waals surface area contributed by atoms with Crippen molar-refractivity contribution in [2.75, 3.05) is 5.32 Å². The van der Waals surface area contributed by atoms with Crippen LogP contribution in [0.2, 0.25) is 0 Å². The quantitative estimate of drug-likeness (QED) is 0.439. The zero-order chi connectivity index (χ0) is 21.7. The number of anilines is 1. The predicted octanol–water partition coefficient (Wildman–Crippen LogP) is 7.63. The van der Waals surface area contributed by atoms with Crippen molar-refractivity contribution in [2.24, 2.45) is 17.8 Å². The summed E-state index contributed by atoms with van der Waals surface area (Å²) in [4.78, 5) is 0. The molecule has 0 aliphatic heterocycles. The monoisotopic (exact) mass is 429 g/mol. The molecule has 0 radical (unpaired) electrons. The molecule has 0 amide bonds. The molecular formula is C29H29F2N. The summed E-state index contributed by atoms with van der Waals surface area (Å²) in [7, 11) is 0. The molecule has 3 aromatic carbocycles. The fourth-order valence-corrected chi connectivity index (χ4v) is 7.22. The molecule has 7 rings (SSSR count). The predicted molar refractivity (Wildman–Crippen MR) is 125 cm³/mol. The van der Waals surface area contributed by atoms with Crippen LogP contribution < -0.4 is 5.32 Å². The standard InChI is InChI=1S/C29H29F2N/c30-25-7-1-22(2-8-25)28(23-3-9-26(31)10-4-23)32-27-11-5-24(6-12-27)29-16-19-13-20(17-29)15-21(14-19)18-29/h1-12,19-21,28,32H,13-18H2. The minimum Gasteiger partial charge on any atom is -0.374 e. The Morgan fingerprint density at radius 3 is 1.50 bits per heavy atom. The average Bonchev–Trinajstić information content (AvgIpc) is 2.78. The maximum absolute atomic E-state index is 13.5. The van der Waals surface area contributed by atoms with Crippen LogP contribution in [0.5, 0.6) is 0 Å². The molecule has 4 saturated carbocycles. The van der Waals surface area contributed by atoms with Gasteiger partial charge >= 0.3 is 0 Å². The van der Waals surface area contributed by atoms with E-state index in [0.29, 0.717) is 5.41 Å². The van der Waals surface area contributed by atoms with E-state index in [-0.39, 0.29) is 17.7 Å². The Labute approximate surface area is 188 Å². The number of benzene rings is 3. The lowest BCUT2D eigenvalue weighted by Crippen LogP contribution is -2.48. The van der Waals surface area contributed by atoms with Crippen LogP contribution in [0, 0.1) is 29.4 Å². The molecule has 0 heterocycles. The fraction of sp³-hybridized carbons (Fsp3) is 0.379. The molecule has 0 saturated heterocycles. The van der Waals surface area contributed by atoms with Gasteiger partial charge in [0.25, 0.3) is 0 Å². The van der Waals surface area contributed by atoms with E-state index < -0.39 is 0 Å². The Morgan fingerprint density at radius 1 is 0.625 bits per heavy atom. The molecule has 3 heteroatoms. The Bertz CT molecular complexity index is 1000. The van der Waals surface area contributed by atoms with Gasteiger partial charge in [-0.2, -0.15) is 0 Å². The molecule has 164 valence electrons. The fourth-order valence-electron chi connectivity index (χ4n) is 7.22. The van der Waals surface area contributed by atoms with Crippen molar-refractivity contribution in [3.05, 3.63) is 101 Å². The number of hydrogen-bond donors (Lipinski definition) is 1. The van der Waals surface area contributed by atoms with Crippen LogP contribution in [0.1, 0.15) is 61.3 Å². The van der Waals surface area contributed by atoms with E-state index in [1.807, 2.05) is 0 Å². The molecule has 1 N–H and O–H groups in total. The highest BCUT2D eigenvalue weighted by atomic mass is 19.1. The van der Waals surface area contributed by atoms with Crippen molar-refractivity contribution in [3.63, 3.8) is 0 Å². The van der Waals surface area contributed by atoms with Crippen LogP contribution in [-0.2, 0) is 5.41 Å². The first-order valence-corrected chi connectivity index (χ1v) is 11.9. The van der Waals surface area contributed by atoms with Gasteiger partial charge in [0.05, 0.1) is 6.04 Å². The molecule has 1 nitrogen and oxygen atoms in total. The summed E-state index contributed by atoms with van der Waals surface area (Å²) in [6, 6.07) is 21.9. The SMILES string of the molecule is Fc1ccc(C(Nc2ccc(C34CC5CC(CC(C5)C3)C4)cc2)c2ccc(F)cc2)cc1. The topological polar surface area (TPSA) is 12.0 Å². The highest BCUT2D eigenvalue weighted by molar-refractivity contribution is 5.51. The maximum atomic E-state index is 13.5. The lowest BCUT2D eigenvalue weighted by Gasteiger charge is -2.57. The van der Waals surface area contributed by atoms with Crippen molar-refractivity contribution in [1.29, 1.82) is 0 Å². The van der Waals surface area contributed by atoms with Crippen LogP contribution in [0.15, 0.2) is 72.8 Å². The summed E-state index contributed by atoms with van der Waals surface area (Å²) in [5.41, 5.74) is 4.81.